The van der Waals surface area contributed by atoms with Crippen LogP contribution in [0.15, 0.2) is 35.3 Å². The lowest BCUT2D eigenvalue weighted by Crippen LogP contribution is -2.54. The van der Waals surface area contributed by atoms with Gasteiger partial charge in [-0.3, -0.25) is 23.7 Å². The summed E-state index contributed by atoms with van der Waals surface area (Å²) in [7, 11) is 0. The first kappa shape index (κ1) is 19.9. The first-order valence-electron chi connectivity index (χ1n) is 11.0. The molecule has 7 nitrogen and oxygen atoms in total. The Hall–Kier alpha value is -2.06. The SMILES string of the molecule is CCn1ccc(CN2C[C@@H]3C[C@H](C2)[C@H](C(=O)N2CCSCC2)n2c3cccc2=O)n1. The summed E-state index contributed by atoms with van der Waals surface area (Å²) in [5.41, 5.74) is 2.05. The Balaban J connectivity index is 1.45. The van der Waals surface area contributed by atoms with Crippen LogP contribution in [-0.2, 0) is 17.9 Å². The van der Waals surface area contributed by atoms with E-state index in [1.807, 2.05) is 44.2 Å². The fourth-order valence-electron chi connectivity index (χ4n) is 5.34. The van der Waals surface area contributed by atoms with E-state index in [9.17, 15) is 9.59 Å². The standard InChI is InChI=1S/C22H29N5O2S/c1-2-26-7-6-18(23-26)15-24-13-16-12-17(14-24)21(22(29)25-8-10-30-11-9-25)27-19(16)4-3-5-20(27)28/h3-7,16-17,21H,2,8-15H2,1H3/t16-,17+,21+/m0/s1. The highest BCUT2D eigenvalue weighted by molar-refractivity contribution is 7.99. The molecule has 0 saturated carbocycles. The van der Waals surface area contributed by atoms with Crippen LogP contribution in [0.3, 0.4) is 0 Å². The lowest BCUT2D eigenvalue weighted by molar-refractivity contribution is -0.138. The average molecular weight is 428 g/mol. The third-order valence-electron chi connectivity index (χ3n) is 6.70. The molecule has 2 aromatic heterocycles. The zero-order valence-corrected chi connectivity index (χ0v) is 18.3. The van der Waals surface area contributed by atoms with Gasteiger partial charge < -0.3 is 4.90 Å². The van der Waals surface area contributed by atoms with Crippen LogP contribution in [0.5, 0.6) is 0 Å². The largest absolute Gasteiger partial charge is 0.339 e. The van der Waals surface area contributed by atoms with Crippen molar-refractivity contribution in [2.24, 2.45) is 5.92 Å². The second-order valence-corrected chi connectivity index (χ2v) is 9.82. The van der Waals surface area contributed by atoms with E-state index >= 15 is 0 Å². The zero-order chi connectivity index (χ0) is 20.7. The number of likely N-dealkylation sites (tertiary alicyclic amines) is 1. The number of hydrogen-bond donors (Lipinski definition) is 0. The topological polar surface area (TPSA) is 63.4 Å². The lowest BCUT2D eigenvalue weighted by atomic mass is 9.78. The van der Waals surface area contributed by atoms with Crippen molar-refractivity contribution >= 4 is 17.7 Å². The number of pyridine rings is 1. The lowest BCUT2D eigenvalue weighted by Gasteiger charge is -2.47. The average Bonchev–Trinajstić information content (AvgIpc) is 3.22. The number of carbonyl (C=O) groups is 1. The summed E-state index contributed by atoms with van der Waals surface area (Å²) in [6.07, 6.45) is 3.00. The van der Waals surface area contributed by atoms with Gasteiger partial charge in [-0.2, -0.15) is 16.9 Å². The van der Waals surface area contributed by atoms with Crippen LogP contribution in [0.4, 0.5) is 0 Å². The van der Waals surface area contributed by atoms with Gasteiger partial charge in [-0.15, -0.1) is 0 Å². The van der Waals surface area contributed by atoms with E-state index in [2.05, 4.69) is 23.0 Å². The van der Waals surface area contributed by atoms with Crippen molar-refractivity contribution in [3.8, 4) is 0 Å². The van der Waals surface area contributed by atoms with E-state index in [1.54, 1.807) is 6.07 Å². The van der Waals surface area contributed by atoms with Crippen molar-refractivity contribution in [3.63, 3.8) is 0 Å². The van der Waals surface area contributed by atoms with Gasteiger partial charge in [0, 0.05) is 80.6 Å². The third-order valence-corrected chi connectivity index (χ3v) is 7.65. The fraction of sp³-hybridized carbons (Fsp3) is 0.591. The molecule has 2 aromatic rings. The Kier molecular flexibility index (Phi) is 5.45. The molecule has 3 aliphatic heterocycles. The first-order valence-corrected chi connectivity index (χ1v) is 12.1. The predicted molar refractivity (Wildman–Crippen MR) is 118 cm³/mol. The van der Waals surface area contributed by atoms with Crippen molar-refractivity contribution in [2.45, 2.75) is 38.4 Å². The fourth-order valence-corrected chi connectivity index (χ4v) is 6.24. The number of aromatic nitrogens is 3. The number of fused-ring (bicyclic) bond motifs is 4. The molecule has 2 saturated heterocycles. The summed E-state index contributed by atoms with van der Waals surface area (Å²) in [4.78, 5) is 30.9. The minimum absolute atomic E-state index is 0.0397. The van der Waals surface area contributed by atoms with Crippen molar-refractivity contribution < 1.29 is 4.79 Å². The molecule has 1 amide bonds. The van der Waals surface area contributed by atoms with Gasteiger partial charge in [-0.05, 0) is 25.5 Å². The molecular formula is C22H29N5O2S. The maximum absolute atomic E-state index is 13.6. The van der Waals surface area contributed by atoms with Crippen LogP contribution in [0.2, 0.25) is 0 Å². The van der Waals surface area contributed by atoms with E-state index in [-0.39, 0.29) is 29.3 Å². The van der Waals surface area contributed by atoms with E-state index in [4.69, 9.17) is 0 Å². The van der Waals surface area contributed by atoms with Crippen molar-refractivity contribution in [3.05, 3.63) is 52.2 Å². The smallest absolute Gasteiger partial charge is 0.251 e. The Morgan fingerprint density at radius 1 is 1.20 bits per heavy atom. The summed E-state index contributed by atoms with van der Waals surface area (Å²) in [5, 5.41) is 4.65. The van der Waals surface area contributed by atoms with Crippen LogP contribution < -0.4 is 5.56 Å². The minimum atomic E-state index is -0.385. The minimum Gasteiger partial charge on any atom is -0.339 e. The van der Waals surface area contributed by atoms with Crippen molar-refractivity contribution in [1.82, 2.24) is 24.1 Å². The van der Waals surface area contributed by atoms with E-state index in [1.165, 1.54) is 0 Å². The second-order valence-electron chi connectivity index (χ2n) is 8.59. The summed E-state index contributed by atoms with van der Waals surface area (Å²) in [5.74, 6) is 2.53. The van der Waals surface area contributed by atoms with Crippen LogP contribution in [0.25, 0.3) is 0 Å². The van der Waals surface area contributed by atoms with Gasteiger partial charge in [0.05, 0.1) is 5.69 Å². The number of amides is 1. The van der Waals surface area contributed by atoms with Crippen molar-refractivity contribution in [1.29, 1.82) is 0 Å². The predicted octanol–water partition coefficient (Wildman–Crippen LogP) is 1.80. The molecule has 0 spiro atoms. The number of nitrogens with zero attached hydrogens (tertiary/aromatic N) is 5. The van der Waals surface area contributed by atoms with Crippen molar-refractivity contribution in [2.75, 3.05) is 37.7 Å². The summed E-state index contributed by atoms with van der Waals surface area (Å²) < 4.78 is 3.78. The quantitative estimate of drug-likeness (QED) is 0.745. The maximum atomic E-state index is 13.6. The van der Waals surface area contributed by atoms with Gasteiger partial charge in [-0.1, -0.05) is 6.07 Å². The van der Waals surface area contributed by atoms with Crippen LogP contribution >= 0.6 is 11.8 Å². The summed E-state index contributed by atoms with van der Waals surface area (Å²) >= 11 is 1.90. The van der Waals surface area contributed by atoms with Gasteiger partial charge >= 0.3 is 0 Å². The molecular weight excluding hydrogens is 398 g/mol. The molecule has 8 heteroatoms. The van der Waals surface area contributed by atoms with Crippen LogP contribution in [0, 0.1) is 5.92 Å². The molecule has 160 valence electrons. The molecule has 2 bridgehead atoms. The van der Waals surface area contributed by atoms with Gasteiger partial charge in [0.1, 0.15) is 6.04 Å². The van der Waals surface area contributed by atoms with Gasteiger partial charge in [0.25, 0.3) is 5.56 Å². The van der Waals surface area contributed by atoms with E-state index in [0.717, 1.165) is 68.6 Å². The number of rotatable bonds is 4. The summed E-state index contributed by atoms with van der Waals surface area (Å²) in [6, 6.07) is 7.19. The normalized spacial score (nSPS) is 26.4. The van der Waals surface area contributed by atoms with E-state index < -0.39 is 0 Å². The molecule has 0 N–H and O–H groups in total. The van der Waals surface area contributed by atoms with Crippen LogP contribution in [-0.4, -0.2) is 67.7 Å². The molecule has 0 aromatic carbocycles. The molecule has 3 atom stereocenters. The number of piperidine rings is 1. The Morgan fingerprint density at radius 3 is 2.80 bits per heavy atom. The number of hydrogen-bond acceptors (Lipinski definition) is 5. The third kappa shape index (κ3) is 3.60. The monoisotopic (exact) mass is 427 g/mol. The molecule has 0 aliphatic carbocycles. The Bertz CT molecular complexity index is 980. The Morgan fingerprint density at radius 2 is 2.03 bits per heavy atom. The Labute approximate surface area is 181 Å². The number of carbonyl (C=O) groups excluding carboxylic acids is 1. The molecule has 30 heavy (non-hydrogen) atoms. The highest BCUT2D eigenvalue weighted by Gasteiger charge is 2.45. The zero-order valence-electron chi connectivity index (χ0n) is 17.4. The van der Waals surface area contributed by atoms with Gasteiger partial charge in [0.15, 0.2) is 0 Å². The van der Waals surface area contributed by atoms with Gasteiger partial charge in [0.2, 0.25) is 5.91 Å². The maximum Gasteiger partial charge on any atom is 0.251 e. The highest BCUT2D eigenvalue weighted by Crippen LogP contribution is 2.42. The molecule has 5 heterocycles. The first-order chi connectivity index (χ1) is 14.6. The summed E-state index contributed by atoms with van der Waals surface area (Å²) in [6.45, 7) is 7.04. The van der Waals surface area contributed by atoms with Crippen LogP contribution in [0.1, 0.15) is 36.7 Å². The molecule has 0 radical (unpaired) electrons. The van der Waals surface area contributed by atoms with E-state index in [0.29, 0.717) is 0 Å². The number of aryl methyl sites for hydroxylation is 1. The number of thioether (sulfide) groups is 1. The molecule has 3 aliphatic rings. The highest BCUT2D eigenvalue weighted by atomic mass is 32.2. The molecule has 2 fully saturated rings. The molecule has 0 unspecified atom stereocenters. The van der Waals surface area contributed by atoms with Gasteiger partial charge in [-0.25, -0.2) is 0 Å². The molecule has 5 rings (SSSR count). The second kappa shape index (κ2) is 8.23.